The van der Waals surface area contributed by atoms with Gasteiger partial charge in [-0.3, -0.25) is 9.59 Å². The van der Waals surface area contributed by atoms with Gasteiger partial charge in [0.15, 0.2) is 17.3 Å². The van der Waals surface area contributed by atoms with Crippen LogP contribution < -0.4 is 10.6 Å². The molecule has 3 rings (SSSR count). The second kappa shape index (κ2) is 10.7. The Balaban J connectivity index is 1.78. The van der Waals surface area contributed by atoms with E-state index in [0.717, 1.165) is 10.6 Å². The lowest BCUT2D eigenvalue weighted by molar-refractivity contribution is -0.148. The van der Waals surface area contributed by atoms with Gasteiger partial charge in [0.25, 0.3) is 5.91 Å². The van der Waals surface area contributed by atoms with Gasteiger partial charge in [-0.2, -0.15) is 13.2 Å². The zero-order valence-electron chi connectivity index (χ0n) is 19.1. The molecule has 1 aliphatic heterocycles. The van der Waals surface area contributed by atoms with Crippen LogP contribution in [-0.4, -0.2) is 52.4 Å². The van der Waals surface area contributed by atoms with Crippen LogP contribution >= 0.6 is 0 Å². The Morgan fingerprint density at radius 1 is 1.11 bits per heavy atom. The Morgan fingerprint density at radius 2 is 1.80 bits per heavy atom. The van der Waals surface area contributed by atoms with Crippen LogP contribution in [0, 0.1) is 17.5 Å². The number of hydrogen-bond donors (Lipinski definition) is 2. The van der Waals surface area contributed by atoms with Gasteiger partial charge in [0.05, 0.1) is 12.2 Å². The molecule has 13 heteroatoms. The summed E-state index contributed by atoms with van der Waals surface area (Å²) >= 11 is 0. The number of halogens is 6. The van der Waals surface area contributed by atoms with Crippen molar-refractivity contribution in [3.05, 3.63) is 52.4 Å². The lowest BCUT2D eigenvalue weighted by atomic mass is 10.0. The summed E-state index contributed by atoms with van der Waals surface area (Å²) in [5.74, 6) is -5.94. The quantitative estimate of drug-likeness (QED) is 0.427. The van der Waals surface area contributed by atoms with Crippen molar-refractivity contribution < 1.29 is 35.9 Å². The molecule has 0 fully saturated rings. The summed E-state index contributed by atoms with van der Waals surface area (Å²) in [4.78, 5) is 30.2. The topological polar surface area (TPSA) is 79.3 Å². The molecule has 2 heterocycles. The zero-order valence-corrected chi connectivity index (χ0v) is 19.1. The average molecular weight is 505 g/mol. The highest BCUT2D eigenvalue weighted by Gasteiger charge is 2.41. The third-order valence-corrected chi connectivity index (χ3v) is 5.75. The molecule has 192 valence electrons. The fourth-order valence-corrected chi connectivity index (χ4v) is 3.90. The minimum Gasteiger partial charge on any atom is -0.351 e. The van der Waals surface area contributed by atoms with Crippen molar-refractivity contribution in [1.82, 2.24) is 25.1 Å². The number of imidazole rings is 1. The second-order valence-electron chi connectivity index (χ2n) is 8.20. The van der Waals surface area contributed by atoms with Crippen molar-refractivity contribution in [2.75, 3.05) is 20.1 Å². The summed E-state index contributed by atoms with van der Waals surface area (Å²) in [5, 5.41) is 5.32. The maximum atomic E-state index is 14.0. The van der Waals surface area contributed by atoms with Crippen LogP contribution in [0.15, 0.2) is 12.1 Å². The molecule has 2 aromatic rings. The number of nitrogens with zero attached hydrogens (tertiary/aromatic N) is 3. The number of carbonyl (C=O) groups is 2. The Morgan fingerprint density at radius 3 is 2.43 bits per heavy atom. The van der Waals surface area contributed by atoms with E-state index in [1.807, 2.05) is 0 Å². The maximum absolute atomic E-state index is 14.0. The Labute approximate surface area is 197 Å². The fourth-order valence-electron chi connectivity index (χ4n) is 3.90. The first kappa shape index (κ1) is 26.5. The number of hydrogen-bond acceptors (Lipinski definition) is 4. The predicted molar refractivity (Wildman–Crippen MR) is 113 cm³/mol. The minimum absolute atomic E-state index is 0.0295. The lowest BCUT2D eigenvalue weighted by Gasteiger charge is -2.31. The van der Waals surface area contributed by atoms with Crippen LogP contribution in [0.1, 0.15) is 47.3 Å². The number of rotatable bonds is 8. The van der Waals surface area contributed by atoms with Crippen molar-refractivity contribution in [3.63, 3.8) is 0 Å². The molecule has 0 saturated heterocycles. The third kappa shape index (κ3) is 5.95. The molecule has 1 aromatic carbocycles. The first-order valence-corrected chi connectivity index (χ1v) is 11.0. The van der Waals surface area contributed by atoms with Gasteiger partial charge in [-0.05, 0) is 31.5 Å². The zero-order chi connectivity index (χ0) is 25.9. The van der Waals surface area contributed by atoms with Crippen LogP contribution in [0.4, 0.5) is 26.3 Å². The van der Waals surface area contributed by atoms with E-state index in [1.165, 1.54) is 11.9 Å². The van der Waals surface area contributed by atoms with E-state index in [4.69, 9.17) is 0 Å². The molecule has 1 aliphatic rings. The standard InChI is InChI=1S/C22H25F6N5O2/c1-3-4-30-20(35)19-17-11-32(5-6-33(17)21(31-19)22(26,27)28)18(34)9-13(29-2)7-12-8-15(24)16(25)10-14(12)23/h8,10,13,29H,3-7,9,11H2,1-2H3,(H,30,35)/t13-/m1/s1. The van der Waals surface area contributed by atoms with Gasteiger partial charge in [0.1, 0.15) is 5.82 Å². The summed E-state index contributed by atoms with van der Waals surface area (Å²) in [6, 6.07) is 0.486. The van der Waals surface area contributed by atoms with Gasteiger partial charge < -0.3 is 20.1 Å². The molecule has 35 heavy (non-hydrogen) atoms. The van der Waals surface area contributed by atoms with Gasteiger partial charge in [0.2, 0.25) is 11.7 Å². The van der Waals surface area contributed by atoms with Crippen LogP contribution in [-0.2, 0) is 30.5 Å². The Hall–Kier alpha value is -3.09. The number of benzene rings is 1. The molecule has 0 saturated carbocycles. The Bertz CT molecular complexity index is 1100. The highest BCUT2D eigenvalue weighted by atomic mass is 19.4. The number of nitrogens with one attached hydrogen (secondary N) is 2. The van der Waals surface area contributed by atoms with Crippen LogP contribution in [0.2, 0.25) is 0 Å². The van der Waals surface area contributed by atoms with Crippen LogP contribution in [0.3, 0.4) is 0 Å². The molecular formula is C22H25F6N5O2. The van der Waals surface area contributed by atoms with Gasteiger partial charge >= 0.3 is 6.18 Å². The number of aromatic nitrogens is 2. The van der Waals surface area contributed by atoms with E-state index < -0.39 is 53.0 Å². The van der Waals surface area contributed by atoms with Crippen LogP contribution in [0.25, 0.3) is 0 Å². The summed E-state index contributed by atoms with van der Waals surface area (Å²) in [6.07, 6.45) is -4.52. The van der Waals surface area contributed by atoms with E-state index in [-0.39, 0.29) is 50.3 Å². The van der Waals surface area contributed by atoms with Crippen molar-refractivity contribution in [1.29, 1.82) is 0 Å². The minimum atomic E-state index is -4.78. The van der Waals surface area contributed by atoms with Crippen molar-refractivity contribution in [2.45, 2.75) is 51.5 Å². The van der Waals surface area contributed by atoms with E-state index in [2.05, 4.69) is 15.6 Å². The van der Waals surface area contributed by atoms with E-state index >= 15 is 0 Å². The molecule has 2 N–H and O–H groups in total. The second-order valence-corrected chi connectivity index (χ2v) is 8.20. The fraction of sp³-hybridized carbons (Fsp3) is 0.500. The smallest absolute Gasteiger partial charge is 0.351 e. The summed E-state index contributed by atoms with van der Waals surface area (Å²) < 4.78 is 82.1. The first-order valence-electron chi connectivity index (χ1n) is 11.0. The number of amides is 2. The first-order chi connectivity index (χ1) is 16.5. The molecular weight excluding hydrogens is 480 g/mol. The highest BCUT2D eigenvalue weighted by Crippen LogP contribution is 2.32. The monoisotopic (exact) mass is 505 g/mol. The number of carbonyl (C=O) groups excluding carboxylic acids is 2. The Kier molecular flexibility index (Phi) is 8.08. The normalized spacial score (nSPS) is 14.6. The number of likely N-dealkylation sites (N-methyl/N-ethyl adjacent to an activating group) is 1. The molecule has 0 bridgehead atoms. The van der Waals surface area contributed by atoms with Gasteiger partial charge in [-0.25, -0.2) is 18.2 Å². The molecule has 7 nitrogen and oxygen atoms in total. The molecule has 0 radical (unpaired) electrons. The molecule has 0 aliphatic carbocycles. The molecule has 1 atom stereocenters. The predicted octanol–water partition coefficient (Wildman–Crippen LogP) is 3.02. The molecule has 0 unspecified atom stereocenters. The highest BCUT2D eigenvalue weighted by molar-refractivity contribution is 5.93. The van der Waals surface area contributed by atoms with Crippen molar-refractivity contribution >= 4 is 11.8 Å². The van der Waals surface area contributed by atoms with Gasteiger partial charge in [-0.1, -0.05) is 6.92 Å². The average Bonchev–Trinajstić information content (AvgIpc) is 3.19. The van der Waals surface area contributed by atoms with E-state index in [0.29, 0.717) is 12.5 Å². The lowest BCUT2D eigenvalue weighted by Crippen LogP contribution is -2.43. The van der Waals surface area contributed by atoms with Gasteiger partial charge in [0, 0.05) is 38.2 Å². The maximum Gasteiger partial charge on any atom is 0.449 e. The number of fused-ring (bicyclic) bond motifs is 1. The van der Waals surface area contributed by atoms with Gasteiger partial charge in [-0.15, -0.1) is 0 Å². The third-order valence-electron chi connectivity index (χ3n) is 5.75. The largest absolute Gasteiger partial charge is 0.449 e. The summed E-state index contributed by atoms with van der Waals surface area (Å²) in [6.45, 7) is 1.49. The number of alkyl halides is 3. The molecule has 0 spiro atoms. The summed E-state index contributed by atoms with van der Waals surface area (Å²) in [5.41, 5.74) is -0.548. The SMILES string of the molecule is CCCNC(=O)c1nc(C(F)(F)F)n2c1CN(C(=O)C[C@@H](Cc1cc(F)c(F)cc1F)NC)CC2. The van der Waals surface area contributed by atoms with E-state index in [9.17, 15) is 35.9 Å². The van der Waals surface area contributed by atoms with E-state index in [1.54, 1.807) is 6.92 Å². The van der Waals surface area contributed by atoms with Crippen molar-refractivity contribution in [3.8, 4) is 0 Å². The molecule has 1 aromatic heterocycles. The summed E-state index contributed by atoms with van der Waals surface area (Å²) in [7, 11) is 1.51. The molecule has 2 amide bonds. The van der Waals surface area contributed by atoms with Crippen LogP contribution in [0.5, 0.6) is 0 Å². The van der Waals surface area contributed by atoms with Crippen molar-refractivity contribution in [2.24, 2.45) is 0 Å².